The van der Waals surface area contributed by atoms with E-state index >= 15 is 0 Å². The molecule has 370 valence electrons. The standard InChI is InChI=1S/2C30H33OSi2.C2H6Si.2ClH.Zr/c2*1-20-12-13-21-14-24(30-27-11-9-8-10-22(27)19-31-30)17-28(21)29(20)23-15-25(32(2,3)4)18-26(16-23)33(5,6)7;1-3-2;;;/h2*8-19H,1-7H3;1-2H3;2*1H;/q;;;;;+2/p-2. The molecule has 0 aliphatic heterocycles. The van der Waals surface area contributed by atoms with E-state index in [2.05, 4.69) is 227 Å². The van der Waals surface area contributed by atoms with Gasteiger partial charge >= 0.3 is 446 Å². The van der Waals surface area contributed by atoms with Crippen molar-refractivity contribution in [2.75, 3.05) is 0 Å². The van der Waals surface area contributed by atoms with Crippen LogP contribution in [-0.2, 0) is 15.0 Å². The minimum absolute atomic E-state index is 0.293. The van der Waals surface area contributed by atoms with E-state index < -0.39 is 52.7 Å². The first-order valence-corrected chi connectivity index (χ1v) is 55.3. The van der Waals surface area contributed by atoms with Crippen LogP contribution < -0.4 is 20.7 Å². The van der Waals surface area contributed by atoms with E-state index in [-0.39, 0.29) is 7.25 Å². The van der Waals surface area contributed by atoms with Crippen LogP contribution in [0, 0.1) is 13.8 Å². The van der Waals surface area contributed by atoms with Crippen LogP contribution in [0.5, 0.6) is 0 Å². The third-order valence-corrected chi connectivity index (χ3v) is 70.6. The summed E-state index contributed by atoms with van der Waals surface area (Å²) in [5, 5.41) is 10.3. The van der Waals surface area contributed by atoms with E-state index in [4.69, 9.17) is 8.83 Å². The monoisotopic (exact) mass is 1150 g/mol. The average molecular weight is 1150 g/mol. The Kier molecular flexibility index (Phi) is 12.8. The van der Waals surface area contributed by atoms with Gasteiger partial charge in [0, 0.05) is 0 Å². The summed E-state index contributed by atoms with van der Waals surface area (Å²) in [6.07, 6.45) is 8.78. The predicted octanol–water partition coefficient (Wildman–Crippen LogP) is 17.4. The fourth-order valence-electron chi connectivity index (χ4n) is 11.9. The number of hydrogen-bond acceptors (Lipinski definition) is 2. The molecule has 2 unspecified atom stereocenters. The fourth-order valence-corrected chi connectivity index (χ4v) is 44.5. The molecule has 2 aliphatic rings. The molecule has 72 heavy (non-hydrogen) atoms. The van der Waals surface area contributed by atoms with E-state index in [9.17, 15) is 17.0 Å². The molecule has 2 aliphatic carbocycles. The number of furan rings is 2. The summed E-state index contributed by atoms with van der Waals surface area (Å²) in [5.41, 5.74) is 13.3. The molecule has 0 fully saturated rings. The Morgan fingerprint density at radius 3 is 1.11 bits per heavy atom. The minimum atomic E-state index is -5.68. The Morgan fingerprint density at radius 2 is 0.792 bits per heavy atom. The molecule has 0 amide bonds. The van der Waals surface area contributed by atoms with Crippen molar-refractivity contribution in [3.8, 4) is 22.3 Å². The molecule has 2 heterocycles. The van der Waals surface area contributed by atoms with E-state index in [1.165, 1.54) is 76.4 Å². The summed E-state index contributed by atoms with van der Waals surface area (Å²) >= 11 is -5.68. The topological polar surface area (TPSA) is 26.3 Å². The normalized spacial score (nSPS) is 16.6. The number of fused-ring (bicyclic) bond motifs is 4. The Balaban J connectivity index is 1.32. The Hall–Kier alpha value is -3.57. The summed E-state index contributed by atoms with van der Waals surface area (Å²) in [4.78, 5) is 0. The molecule has 0 bridgehead atoms. The predicted molar refractivity (Wildman–Crippen MR) is 328 cm³/mol. The Morgan fingerprint density at radius 1 is 0.458 bits per heavy atom. The second-order valence-corrected chi connectivity index (χ2v) is 84.7. The summed E-state index contributed by atoms with van der Waals surface area (Å²) in [5.74, 6) is 1.75. The SMILES string of the molecule is Cc1ccc2c(c1-c1cc([Si](C)(C)C)cc([Si](C)(C)C)c1)C=C(c1occ3ccccc13)[CH]2[Zr]([Cl])([Cl])([CH]1C(c2occ3ccccc23)=Cc2c1ccc(C)c2-c1cc([Si](C)(C)C)cc([Si](C)(C)C)c1)=[Si](C)C. The van der Waals surface area contributed by atoms with E-state index in [0.29, 0.717) is 0 Å². The molecule has 6 aromatic carbocycles. The third-order valence-electron chi connectivity index (χ3n) is 16.3. The van der Waals surface area contributed by atoms with Crippen LogP contribution in [0.1, 0.15) is 52.2 Å². The van der Waals surface area contributed by atoms with Gasteiger partial charge in [-0.05, 0) is 0 Å². The zero-order valence-corrected chi connectivity index (χ0v) is 54.4. The maximum atomic E-state index is 9.42. The molecule has 0 saturated carbocycles. The molecule has 10 heteroatoms. The van der Waals surface area contributed by atoms with Crippen molar-refractivity contribution >= 4 is 120 Å². The summed E-state index contributed by atoms with van der Waals surface area (Å²) in [6, 6.07) is 41.8. The van der Waals surface area contributed by atoms with Crippen LogP contribution in [0.4, 0.5) is 0 Å². The van der Waals surface area contributed by atoms with Gasteiger partial charge < -0.3 is 0 Å². The molecule has 0 N–H and O–H groups in total. The zero-order chi connectivity index (χ0) is 51.9. The van der Waals surface area contributed by atoms with Crippen molar-refractivity contribution < 1.29 is 23.8 Å². The molecule has 10 rings (SSSR count). The first kappa shape index (κ1) is 51.9. The molecular formula is C62H72Cl2O2Si5Zr. The maximum absolute atomic E-state index is 9.42. The van der Waals surface area contributed by atoms with Crippen LogP contribution in [-0.4, -0.2) is 37.7 Å². The van der Waals surface area contributed by atoms with Crippen molar-refractivity contribution in [2.45, 2.75) is 113 Å². The fraction of sp³-hybridized carbons (Fsp3) is 0.290. The van der Waals surface area contributed by atoms with Crippen molar-refractivity contribution in [3.05, 3.63) is 167 Å². The Bertz CT molecular complexity index is 3410. The van der Waals surface area contributed by atoms with Gasteiger partial charge in [0.05, 0.1) is 0 Å². The van der Waals surface area contributed by atoms with Gasteiger partial charge in [0.1, 0.15) is 0 Å². The number of rotatable bonds is 10. The van der Waals surface area contributed by atoms with E-state index in [1.54, 1.807) is 0 Å². The molecule has 0 saturated heterocycles. The average Bonchev–Trinajstić information content (AvgIpc) is 4.10. The van der Waals surface area contributed by atoms with E-state index in [1.807, 2.05) is 12.5 Å². The third kappa shape index (κ3) is 8.54. The van der Waals surface area contributed by atoms with Gasteiger partial charge in [0.15, 0.2) is 0 Å². The first-order chi connectivity index (χ1) is 33.6. The van der Waals surface area contributed by atoms with Gasteiger partial charge in [-0.2, -0.15) is 0 Å². The quantitative estimate of drug-likeness (QED) is 0.128. The summed E-state index contributed by atoms with van der Waals surface area (Å²) in [7, 11) is 12.0. The second kappa shape index (κ2) is 17.8. The van der Waals surface area contributed by atoms with Crippen LogP contribution in [0.25, 0.3) is 67.1 Å². The first-order valence-electron chi connectivity index (χ1n) is 25.9. The second-order valence-electron chi connectivity index (χ2n) is 25.6. The van der Waals surface area contributed by atoms with Gasteiger partial charge in [-0.15, -0.1) is 0 Å². The Labute approximate surface area is 441 Å². The van der Waals surface area contributed by atoms with Gasteiger partial charge in [-0.1, -0.05) is 0 Å². The van der Waals surface area contributed by atoms with Gasteiger partial charge in [-0.25, -0.2) is 0 Å². The van der Waals surface area contributed by atoms with Gasteiger partial charge in [0.2, 0.25) is 0 Å². The number of hydrogen-bond donors (Lipinski definition) is 0. The van der Waals surface area contributed by atoms with Crippen LogP contribution in [0.3, 0.4) is 0 Å². The van der Waals surface area contributed by atoms with Crippen molar-refractivity contribution in [2.24, 2.45) is 0 Å². The molecule has 0 spiro atoms. The molecule has 8 aromatic rings. The number of benzene rings is 6. The molecule has 2 atom stereocenters. The molecule has 2 aromatic heterocycles. The zero-order valence-electron chi connectivity index (χ0n) is 45.4. The summed E-state index contributed by atoms with van der Waals surface area (Å²) in [6.45, 7) is 39.2. The van der Waals surface area contributed by atoms with Crippen molar-refractivity contribution in [1.82, 2.24) is 0 Å². The van der Waals surface area contributed by atoms with E-state index in [0.717, 1.165) is 44.2 Å². The van der Waals surface area contributed by atoms with Gasteiger partial charge in [-0.3, -0.25) is 0 Å². The van der Waals surface area contributed by atoms with Crippen molar-refractivity contribution in [1.29, 1.82) is 0 Å². The molecule has 2 nitrogen and oxygen atoms in total. The number of halogens is 2. The van der Waals surface area contributed by atoms with Crippen molar-refractivity contribution in [3.63, 3.8) is 0 Å². The van der Waals surface area contributed by atoms with Crippen LogP contribution in [0.2, 0.25) is 91.7 Å². The number of aryl methyl sites for hydroxylation is 2. The van der Waals surface area contributed by atoms with Gasteiger partial charge in [0.25, 0.3) is 0 Å². The molecule has 0 radical (unpaired) electrons. The van der Waals surface area contributed by atoms with Crippen LogP contribution in [0.15, 0.2) is 131 Å². The summed E-state index contributed by atoms with van der Waals surface area (Å²) < 4.78 is 13.2. The molecular weight excluding hydrogens is 1080 g/mol. The van der Waals surface area contributed by atoms with Crippen LogP contribution >= 0.6 is 17.0 Å². The number of allylic oxidation sites excluding steroid dienone is 2.